The summed E-state index contributed by atoms with van der Waals surface area (Å²) < 4.78 is 20.1. The zero-order chi connectivity index (χ0) is 16.1. The summed E-state index contributed by atoms with van der Waals surface area (Å²) in [4.78, 5) is 25.4. The number of imidazole rings is 1. The molecule has 0 amide bonds. The molecule has 116 valence electrons. The molecule has 0 aliphatic heterocycles. The Morgan fingerprint density at radius 2 is 2.32 bits per heavy atom. The van der Waals surface area contributed by atoms with E-state index in [1.165, 1.54) is 29.4 Å². The predicted molar refractivity (Wildman–Crippen MR) is 75.3 cm³/mol. The molecule has 1 aromatic heterocycles. The van der Waals surface area contributed by atoms with Crippen molar-refractivity contribution in [2.75, 3.05) is 18.5 Å². The van der Waals surface area contributed by atoms with Gasteiger partial charge in [-0.05, 0) is 13.0 Å². The van der Waals surface area contributed by atoms with Crippen LogP contribution in [0.5, 0.6) is 0 Å². The minimum absolute atomic E-state index is 0.0168. The summed E-state index contributed by atoms with van der Waals surface area (Å²) in [5.41, 5.74) is -0.372. The third-order valence-corrected chi connectivity index (χ3v) is 2.77. The normalized spacial score (nSPS) is 10.3. The van der Waals surface area contributed by atoms with E-state index in [9.17, 15) is 19.3 Å². The van der Waals surface area contributed by atoms with Crippen molar-refractivity contribution in [1.29, 1.82) is 0 Å². The van der Waals surface area contributed by atoms with Gasteiger partial charge in [-0.1, -0.05) is 0 Å². The van der Waals surface area contributed by atoms with E-state index < -0.39 is 22.4 Å². The number of carbonyl (C=O) groups excluding carboxylic acids is 1. The molecule has 8 nitrogen and oxygen atoms in total. The number of halogens is 1. The highest BCUT2D eigenvalue weighted by atomic mass is 19.1. The highest BCUT2D eigenvalue weighted by molar-refractivity contribution is 5.77. The molecule has 0 aliphatic carbocycles. The van der Waals surface area contributed by atoms with Gasteiger partial charge in [0.25, 0.3) is 5.69 Å². The summed E-state index contributed by atoms with van der Waals surface area (Å²) in [5, 5.41) is 13.6. The van der Waals surface area contributed by atoms with E-state index in [2.05, 4.69) is 10.3 Å². The molecule has 9 heteroatoms. The van der Waals surface area contributed by atoms with E-state index in [1.807, 2.05) is 0 Å². The quantitative estimate of drug-likeness (QED) is 0.497. The Bertz CT molecular complexity index is 688. The molecule has 0 atom stereocenters. The van der Waals surface area contributed by atoms with Crippen molar-refractivity contribution in [1.82, 2.24) is 9.55 Å². The molecular weight excluding hydrogens is 295 g/mol. The van der Waals surface area contributed by atoms with E-state index in [1.54, 1.807) is 6.92 Å². The van der Waals surface area contributed by atoms with Crippen molar-refractivity contribution in [3.05, 3.63) is 46.8 Å². The lowest BCUT2D eigenvalue weighted by Gasteiger charge is -2.10. The van der Waals surface area contributed by atoms with Crippen LogP contribution in [0.4, 0.5) is 15.8 Å². The first-order valence-electron chi connectivity index (χ1n) is 6.38. The van der Waals surface area contributed by atoms with Crippen molar-refractivity contribution >= 4 is 17.3 Å². The van der Waals surface area contributed by atoms with Gasteiger partial charge in [-0.3, -0.25) is 14.9 Å². The van der Waals surface area contributed by atoms with E-state index in [0.717, 1.165) is 6.07 Å². The number of hydrogen-bond acceptors (Lipinski definition) is 6. The maximum atomic E-state index is 14.0. The summed E-state index contributed by atoms with van der Waals surface area (Å²) in [6, 6.07) is 2.04. The maximum absolute atomic E-state index is 14.0. The molecule has 0 aliphatic rings. The fourth-order valence-corrected chi connectivity index (χ4v) is 1.82. The minimum Gasteiger partial charge on any atom is -0.465 e. The largest absolute Gasteiger partial charge is 0.465 e. The van der Waals surface area contributed by atoms with Crippen LogP contribution in [-0.2, 0) is 9.53 Å². The number of aromatic nitrogens is 2. The molecule has 2 rings (SSSR count). The van der Waals surface area contributed by atoms with Crippen LogP contribution in [0.15, 0.2) is 30.9 Å². The van der Waals surface area contributed by atoms with Crippen molar-refractivity contribution in [3.63, 3.8) is 0 Å². The van der Waals surface area contributed by atoms with Gasteiger partial charge in [0.15, 0.2) is 5.82 Å². The number of ether oxygens (including phenoxy) is 1. The summed E-state index contributed by atoms with van der Waals surface area (Å²) >= 11 is 0. The second-order valence-corrected chi connectivity index (χ2v) is 4.21. The molecule has 2 aromatic rings. The summed E-state index contributed by atoms with van der Waals surface area (Å²) in [7, 11) is 0. The van der Waals surface area contributed by atoms with Gasteiger partial charge in [-0.2, -0.15) is 0 Å². The number of nitrogens with zero attached hydrogens (tertiary/aromatic N) is 3. The third-order valence-electron chi connectivity index (χ3n) is 2.77. The molecule has 0 saturated heterocycles. The zero-order valence-corrected chi connectivity index (χ0v) is 11.7. The maximum Gasteiger partial charge on any atom is 0.325 e. The Morgan fingerprint density at radius 1 is 1.55 bits per heavy atom. The molecule has 0 radical (unpaired) electrons. The molecule has 0 fully saturated rings. The Balaban J connectivity index is 2.35. The topological polar surface area (TPSA) is 99.3 Å². The average molecular weight is 308 g/mol. The Labute approximate surface area is 124 Å². The average Bonchev–Trinajstić information content (AvgIpc) is 2.99. The van der Waals surface area contributed by atoms with Crippen molar-refractivity contribution in [2.24, 2.45) is 0 Å². The van der Waals surface area contributed by atoms with E-state index >= 15 is 0 Å². The lowest BCUT2D eigenvalue weighted by molar-refractivity contribution is -0.384. The number of nitro groups is 1. The summed E-state index contributed by atoms with van der Waals surface area (Å²) in [6.07, 6.45) is 4.31. The molecule has 1 aromatic carbocycles. The van der Waals surface area contributed by atoms with Gasteiger partial charge >= 0.3 is 5.97 Å². The Hall–Kier alpha value is -2.97. The standard InChI is InChI=1S/C13H13FN4O4/c1-2-22-13(19)7-16-10-6-11(17-4-3-15-8-17)9(14)5-12(10)18(20)21/h3-6,8,16H,2,7H2,1H3. The SMILES string of the molecule is CCOC(=O)CNc1cc(-n2ccnc2)c(F)cc1[N+](=O)[O-]. The fourth-order valence-electron chi connectivity index (χ4n) is 1.82. The molecule has 0 unspecified atom stereocenters. The highest BCUT2D eigenvalue weighted by Crippen LogP contribution is 2.29. The van der Waals surface area contributed by atoms with Crippen molar-refractivity contribution in [2.45, 2.75) is 6.92 Å². The molecule has 0 spiro atoms. The first-order chi connectivity index (χ1) is 10.5. The first-order valence-corrected chi connectivity index (χ1v) is 6.38. The molecule has 1 heterocycles. The van der Waals surface area contributed by atoms with Gasteiger partial charge in [-0.15, -0.1) is 0 Å². The lowest BCUT2D eigenvalue weighted by Crippen LogP contribution is -2.17. The molecule has 1 N–H and O–H groups in total. The van der Waals surface area contributed by atoms with E-state index in [0.29, 0.717) is 0 Å². The van der Waals surface area contributed by atoms with Crippen LogP contribution in [0.3, 0.4) is 0 Å². The lowest BCUT2D eigenvalue weighted by atomic mass is 10.2. The Kier molecular flexibility index (Phi) is 4.66. The number of rotatable bonds is 6. The van der Waals surface area contributed by atoms with Crippen LogP contribution in [0.25, 0.3) is 5.69 Å². The predicted octanol–water partition coefficient (Wildman–Crippen LogP) is 1.89. The van der Waals surface area contributed by atoms with Crippen molar-refractivity contribution in [3.8, 4) is 5.69 Å². The highest BCUT2D eigenvalue weighted by Gasteiger charge is 2.20. The number of nitrogens with one attached hydrogen (secondary N) is 1. The molecule has 0 saturated carbocycles. The van der Waals surface area contributed by atoms with Gasteiger partial charge in [0.2, 0.25) is 0 Å². The van der Waals surface area contributed by atoms with Crippen LogP contribution in [0.1, 0.15) is 6.92 Å². The van der Waals surface area contributed by atoms with Crippen molar-refractivity contribution < 1.29 is 18.8 Å². The number of esters is 1. The van der Waals surface area contributed by atoms with E-state index in [4.69, 9.17) is 4.74 Å². The van der Waals surface area contributed by atoms with Gasteiger partial charge in [0.1, 0.15) is 12.2 Å². The van der Waals surface area contributed by atoms with Crippen LogP contribution in [0.2, 0.25) is 0 Å². The van der Waals surface area contributed by atoms with Gasteiger partial charge < -0.3 is 14.6 Å². The van der Waals surface area contributed by atoms with Crippen LogP contribution < -0.4 is 5.32 Å². The number of carbonyl (C=O) groups is 1. The second-order valence-electron chi connectivity index (χ2n) is 4.21. The van der Waals surface area contributed by atoms with E-state index in [-0.39, 0.29) is 24.5 Å². The van der Waals surface area contributed by atoms with Gasteiger partial charge in [0.05, 0.1) is 29.6 Å². The Morgan fingerprint density at radius 3 is 2.91 bits per heavy atom. The molecule has 0 bridgehead atoms. The smallest absolute Gasteiger partial charge is 0.325 e. The van der Waals surface area contributed by atoms with Crippen LogP contribution >= 0.6 is 0 Å². The van der Waals surface area contributed by atoms with Gasteiger partial charge in [0, 0.05) is 12.4 Å². The van der Waals surface area contributed by atoms with Gasteiger partial charge in [-0.25, -0.2) is 9.37 Å². The van der Waals surface area contributed by atoms with Crippen LogP contribution in [-0.4, -0.2) is 33.6 Å². The number of anilines is 1. The molecule has 22 heavy (non-hydrogen) atoms. The van der Waals surface area contributed by atoms with Crippen LogP contribution in [0, 0.1) is 15.9 Å². The first kappa shape index (κ1) is 15.4. The summed E-state index contributed by atoms with van der Waals surface area (Å²) in [6.45, 7) is 1.59. The number of hydrogen-bond donors (Lipinski definition) is 1. The fraction of sp³-hybridized carbons (Fsp3) is 0.231. The monoisotopic (exact) mass is 308 g/mol. The molecular formula is C13H13FN4O4. The number of nitro benzene ring substituents is 1. The number of benzene rings is 1. The third kappa shape index (κ3) is 3.37. The second kappa shape index (κ2) is 6.66. The minimum atomic E-state index is -0.772. The zero-order valence-electron chi connectivity index (χ0n) is 11.7. The summed E-state index contributed by atoms with van der Waals surface area (Å²) in [5.74, 6) is -1.34.